The molecule has 0 aliphatic rings. The Labute approximate surface area is 62.3 Å². The van der Waals surface area contributed by atoms with Gasteiger partial charge in [0.2, 0.25) is 0 Å². The molecule has 4 heteroatoms. The molecule has 0 aliphatic heterocycles. The van der Waals surface area contributed by atoms with Crippen LogP contribution in [0, 0.1) is 0 Å². The summed E-state index contributed by atoms with van der Waals surface area (Å²) in [6.45, 7) is 1.82. The smallest absolute Gasteiger partial charge is 0.164 e. The Morgan fingerprint density at radius 1 is 1.75 bits per heavy atom. The third-order valence-corrected chi connectivity index (χ3v) is 3.06. The molecule has 50 valence electrons. The van der Waals surface area contributed by atoms with Gasteiger partial charge >= 0.3 is 0 Å². The molecule has 0 heterocycles. The summed E-state index contributed by atoms with van der Waals surface area (Å²) in [5, 5.41) is 0. The molecule has 0 aliphatic carbocycles. The molecule has 1 atom stereocenters. The lowest BCUT2D eigenvalue weighted by molar-refractivity contribution is 0.319. The number of hydrogen-bond donors (Lipinski definition) is 0. The Bertz CT molecular complexity index is 51.3. The maximum atomic E-state index is 5.48. The van der Waals surface area contributed by atoms with E-state index in [4.69, 9.17) is 27.6 Å². The van der Waals surface area contributed by atoms with Gasteiger partial charge in [0.05, 0.1) is 0 Å². The van der Waals surface area contributed by atoms with Gasteiger partial charge in [-0.25, -0.2) is 0 Å². The molecule has 0 rings (SSSR count). The molecule has 1 nitrogen and oxygen atoms in total. The van der Waals surface area contributed by atoms with Gasteiger partial charge in [0, 0.05) is 5.88 Å². The molecule has 0 radical (unpaired) electrons. The number of hydrogen-bond acceptors (Lipinski definition) is 1. The highest BCUT2D eigenvalue weighted by Crippen LogP contribution is 1.95. The standard InChI is InChI=1S/C4H10Cl2OSi/c1-4(6)7-8-3-2-5/h4H,2-3,8H2,1H3. The maximum Gasteiger partial charge on any atom is 0.164 e. The molecule has 0 aromatic rings. The zero-order chi connectivity index (χ0) is 6.41. The summed E-state index contributed by atoms with van der Waals surface area (Å²) < 4.78 is 5.10. The Balaban J connectivity index is 2.72. The first-order chi connectivity index (χ1) is 3.77. The minimum Gasteiger partial charge on any atom is -0.408 e. The second-order valence-corrected chi connectivity index (χ2v) is 3.90. The fourth-order valence-corrected chi connectivity index (χ4v) is 1.50. The van der Waals surface area contributed by atoms with Gasteiger partial charge in [-0.1, -0.05) is 11.6 Å². The van der Waals surface area contributed by atoms with Crippen LogP contribution in [0.1, 0.15) is 6.92 Å². The molecule has 0 bridgehead atoms. The monoisotopic (exact) mass is 172 g/mol. The predicted molar refractivity (Wildman–Crippen MR) is 40.5 cm³/mol. The minimum atomic E-state index is -0.400. The van der Waals surface area contributed by atoms with Crippen molar-refractivity contribution in [1.29, 1.82) is 0 Å². The van der Waals surface area contributed by atoms with Crippen molar-refractivity contribution in [2.75, 3.05) is 5.88 Å². The van der Waals surface area contributed by atoms with Gasteiger partial charge in [-0.2, -0.15) is 0 Å². The van der Waals surface area contributed by atoms with E-state index in [1.54, 1.807) is 0 Å². The highest BCUT2D eigenvalue weighted by Gasteiger charge is 1.92. The Morgan fingerprint density at radius 3 is 2.75 bits per heavy atom. The van der Waals surface area contributed by atoms with Crippen molar-refractivity contribution >= 4 is 33.0 Å². The van der Waals surface area contributed by atoms with Crippen molar-refractivity contribution in [3.63, 3.8) is 0 Å². The van der Waals surface area contributed by atoms with Gasteiger partial charge in [-0.15, -0.1) is 11.6 Å². The van der Waals surface area contributed by atoms with E-state index in [1.165, 1.54) is 0 Å². The Kier molecular flexibility index (Phi) is 6.44. The minimum absolute atomic E-state index is 0.120. The van der Waals surface area contributed by atoms with E-state index in [0.29, 0.717) is 5.88 Å². The molecular formula is C4H10Cl2OSi. The number of rotatable bonds is 4. The second kappa shape index (κ2) is 5.89. The summed E-state index contributed by atoms with van der Waals surface area (Å²) in [7, 11) is -0.400. The maximum absolute atomic E-state index is 5.48. The van der Waals surface area contributed by atoms with Crippen LogP contribution >= 0.6 is 23.2 Å². The molecule has 0 fully saturated rings. The largest absolute Gasteiger partial charge is 0.408 e. The molecule has 0 saturated carbocycles. The molecule has 0 N–H and O–H groups in total. The van der Waals surface area contributed by atoms with Gasteiger partial charge in [-0.3, -0.25) is 0 Å². The average molecular weight is 173 g/mol. The topological polar surface area (TPSA) is 9.23 Å². The average Bonchev–Trinajstić information content (AvgIpc) is 1.66. The lowest BCUT2D eigenvalue weighted by atomic mass is 10.9. The van der Waals surface area contributed by atoms with Crippen molar-refractivity contribution in [2.45, 2.75) is 18.5 Å². The Morgan fingerprint density at radius 2 is 2.38 bits per heavy atom. The third-order valence-electron chi connectivity index (χ3n) is 0.625. The quantitative estimate of drug-likeness (QED) is 0.354. The van der Waals surface area contributed by atoms with Gasteiger partial charge in [0.25, 0.3) is 0 Å². The molecule has 0 amide bonds. The summed E-state index contributed by atoms with van der Waals surface area (Å²) in [5.41, 5.74) is -0.120. The predicted octanol–water partition coefficient (Wildman–Crippen LogP) is 1.33. The fourth-order valence-electron chi connectivity index (χ4n) is 0.300. The van der Waals surface area contributed by atoms with E-state index in [2.05, 4.69) is 0 Å². The van der Waals surface area contributed by atoms with Crippen molar-refractivity contribution in [3.8, 4) is 0 Å². The summed E-state index contributed by atoms with van der Waals surface area (Å²) in [6, 6.07) is 1.01. The normalized spacial score (nSPS) is 15.4. The van der Waals surface area contributed by atoms with Crippen LogP contribution in [0.2, 0.25) is 6.04 Å². The molecular weight excluding hydrogens is 163 g/mol. The fraction of sp³-hybridized carbons (Fsp3) is 1.00. The Hall–Kier alpha value is 0.757. The van der Waals surface area contributed by atoms with Crippen LogP contribution in [-0.4, -0.2) is 21.2 Å². The molecule has 8 heavy (non-hydrogen) atoms. The van der Waals surface area contributed by atoms with E-state index < -0.39 is 9.76 Å². The second-order valence-electron chi connectivity index (χ2n) is 1.46. The zero-order valence-corrected chi connectivity index (χ0v) is 7.79. The van der Waals surface area contributed by atoms with Crippen molar-refractivity contribution in [2.24, 2.45) is 0 Å². The van der Waals surface area contributed by atoms with E-state index in [9.17, 15) is 0 Å². The molecule has 0 aromatic carbocycles. The van der Waals surface area contributed by atoms with Crippen molar-refractivity contribution in [3.05, 3.63) is 0 Å². The summed E-state index contributed by atoms with van der Waals surface area (Å²) in [4.78, 5) is 0. The van der Waals surface area contributed by atoms with Gasteiger partial charge in [-0.05, 0) is 13.0 Å². The van der Waals surface area contributed by atoms with E-state index >= 15 is 0 Å². The SMILES string of the molecule is CC(Cl)O[SiH2]CCCl. The first kappa shape index (κ1) is 8.76. The summed E-state index contributed by atoms with van der Waals surface area (Å²) in [5.74, 6) is 0.704. The zero-order valence-electron chi connectivity index (χ0n) is 4.86. The molecule has 0 spiro atoms. The molecule has 0 aromatic heterocycles. The van der Waals surface area contributed by atoms with Gasteiger partial charge in [0.15, 0.2) is 9.76 Å². The highest BCUT2D eigenvalue weighted by atomic mass is 35.5. The van der Waals surface area contributed by atoms with Crippen molar-refractivity contribution < 1.29 is 4.43 Å². The van der Waals surface area contributed by atoms with Crippen LogP contribution in [0.25, 0.3) is 0 Å². The first-order valence-corrected chi connectivity index (χ1v) is 5.14. The van der Waals surface area contributed by atoms with Crippen LogP contribution < -0.4 is 0 Å². The van der Waals surface area contributed by atoms with Crippen molar-refractivity contribution in [1.82, 2.24) is 0 Å². The molecule has 0 saturated heterocycles. The first-order valence-electron chi connectivity index (χ1n) is 2.59. The van der Waals surface area contributed by atoms with E-state index in [1.807, 2.05) is 6.92 Å². The van der Waals surface area contributed by atoms with Gasteiger partial charge in [0.1, 0.15) is 5.56 Å². The number of halogens is 2. The van der Waals surface area contributed by atoms with E-state index in [0.717, 1.165) is 6.04 Å². The summed E-state index contributed by atoms with van der Waals surface area (Å²) >= 11 is 10.9. The highest BCUT2D eigenvalue weighted by molar-refractivity contribution is 6.33. The van der Waals surface area contributed by atoms with Crippen LogP contribution in [0.5, 0.6) is 0 Å². The summed E-state index contributed by atoms with van der Waals surface area (Å²) in [6.07, 6.45) is 0. The third kappa shape index (κ3) is 6.76. The number of alkyl halides is 2. The van der Waals surface area contributed by atoms with Crippen LogP contribution in [0.3, 0.4) is 0 Å². The van der Waals surface area contributed by atoms with Gasteiger partial charge < -0.3 is 4.43 Å². The lowest BCUT2D eigenvalue weighted by Crippen LogP contribution is -2.04. The lowest BCUT2D eigenvalue weighted by Gasteiger charge is -2.01. The van der Waals surface area contributed by atoms with E-state index in [-0.39, 0.29) is 5.56 Å². The van der Waals surface area contributed by atoms with Crippen LogP contribution in [-0.2, 0) is 4.43 Å². The molecule has 1 unspecified atom stereocenters. The van der Waals surface area contributed by atoms with Crippen LogP contribution in [0.4, 0.5) is 0 Å². The van der Waals surface area contributed by atoms with Crippen LogP contribution in [0.15, 0.2) is 0 Å².